The first kappa shape index (κ1) is 7.52. The van der Waals surface area contributed by atoms with Crippen LogP contribution in [0.4, 0.5) is 0 Å². The van der Waals surface area contributed by atoms with E-state index in [0.717, 1.165) is 12.8 Å². The average Bonchev–Trinajstić information content (AvgIpc) is 1.86. The summed E-state index contributed by atoms with van der Waals surface area (Å²) in [6.07, 6.45) is 2.17. The molecule has 1 unspecified atom stereocenters. The second kappa shape index (κ2) is 2.57. The van der Waals surface area contributed by atoms with Crippen LogP contribution >= 0.6 is 0 Å². The molecule has 10 heavy (non-hydrogen) atoms. The summed E-state index contributed by atoms with van der Waals surface area (Å²) in [4.78, 5) is 0. The molecule has 3 nitrogen and oxygen atoms in total. The van der Waals surface area contributed by atoms with E-state index in [9.17, 15) is 0 Å². The summed E-state index contributed by atoms with van der Waals surface area (Å²) >= 11 is 0. The van der Waals surface area contributed by atoms with Gasteiger partial charge in [-0.3, -0.25) is 0 Å². The number of hydrogen-bond donors (Lipinski definition) is 2. The van der Waals surface area contributed by atoms with Crippen LogP contribution < -0.4 is 0 Å². The molecule has 0 bridgehead atoms. The van der Waals surface area contributed by atoms with E-state index in [4.69, 9.17) is 15.5 Å². The largest absolute Gasteiger partial charge is 0.366 e. The molecule has 2 N–H and O–H groups in total. The van der Waals surface area contributed by atoms with E-state index in [1.54, 1.807) is 0 Å². The van der Waals surface area contributed by atoms with Crippen LogP contribution in [0.15, 0.2) is 0 Å². The standard InChI is InChI=1S/C7H11NO2/c8-5-6-2-1-3-7(9,10)4-6/h6,9-10H,1-4H2. The van der Waals surface area contributed by atoms with Crippen molar-refractivity contribution < 1.29 is 10.2 Å². The van der Waals surface area contributed by atoms with Gasteiger partial charge in [0.15, 0.2) is 5.79 Å². The van der Waals surface area contributed by atoms with Gasteiger partial charge >= 0.3 is 0 Å². The molecule has 0 aliphatic heterocycles. The van der Waals surface area contributed by atoms with Crippen LogP contribution in [-0.4, -0.2) is 16.0 Å². The van der Waals surface area contributed by atoms with Gasteiger partial charge in [-0.25, -0.2) is 0 Å². The van der Waals surface area contributed by atoms with E-state index >= 15 is 0 Å². The summed E-state index contributed by atoms with van der Waals surface area (Å²) in [5.41, 5.74) is 0. The van der Waals surface area contributed by atoms with Gasteiger partial charge in [0.05, 0.1) is 12.0 Å². The third-order valence-electron chi connectivity index (χ3n) is 1.89. The molecule has 0 aromatic heterocycles. The Hall–Kier alpha value is -0.590. The van der Waals surface area contributed by atoms with Gasteiger partial charge in [0.25, 0.3) is 0 Å². The fraction of sp³-hybridized carbons (Fsp3) is 0.857. The Kier molecular flexibility index (Phi) is 1.93. The molecule has 0 aromatic rings. The van der Waals surface area contributed by atoms with Gasteiger partial charge in [-0.2, -0.15) is 5.26 Å². The molecule has 0 aromatic carbocycles. The molecule has 3 heteroatoms. The Morgan fingerprint density at radius 3 is 2.60 bits per heavy atom. The van der Waals surface area contributed by atoms with Crippen molar-refractivity contribution in [3.05, 3.63) is 0 Å². The lowest BCUT2D eigenvalue weighted by Crippen LogP contribution is -2.34. The van der Waals surface area contributed by atoms with Crippen molar-refractivity contribution in [2.24, 2.45) is 5.92 Å². The van der Waals surface area contributed by atoms with E-state index in [-0.39, 0.29) is 12.3 Å². The summed E-state index contributed by atoms with van der Waals surface area (Å²) in [6.45, 7) is 0. The number of nitriles is 1. The molecule has 0 heterocycles. The summed E-state index contributed by atoms with van der Waals surface area (Å²) in [7, 11) is 0. The van der Waals surface area contributed by atoms with Crippen molar-refractivity contribution in [3.8, 4) is 6.07 Å². The lowest BCUT2D eigenvalue weighted by molar-refractivity contribution is -0.186. The highest BCUT2D eigenvalue weighted by atomic mass is 16.5. The quantitative estimate of drug-likeness (QED) is 0.479. The smallest absolute Gasteiger partial charge is 0.163 e. The second-order valence-corrected chi connectivity index (χ2v) is 2.90. The minimum absolute atomic E-state index is 0.163. The van der Waals surface area contributed by atoms with Gasteiger partial charge in [0.1, 0.15) is 0 Å². The zero-order chi connectivity index (χ0) is 7.61. The lowest BCUT2D eigenvalue weighted by Gasteiger charge is -2.28. The second-order valence-electron chi connectivity index (χ2n) is 2.90. The minimum atomic E-state index is -1.57. The predicted molar refractivity (Wildman–Crippen MR) is 34.7 cm³/mol. The predicted octanol–water partition coefficient (Wildman–Crippen LogP) is 0.381. The van der Waals surface area contributed by atoms with Crippen molar-refractivity contribution in [1.29, 1.82) is 5.26 Å². The number of nitrogens with zero attached hydrogens (tertiary/aromatic N) is 1. The zero-order valence-electron chi connectivity index (χ0n) is 5.75. The first-order chi connectivity index (χ1) is 4.64. The number of rotatable bonds is 0. The van der Waals surface area contributed by atoms with Crippen LogP contribution in [-0.2, 0) is 0 Å². The summed E-state index contributed by atoms with van der Waals surface area (Å²) < 4.78 is 0. The SMILES string of the molecule is N#CC1CCCC(O)(O)C1. The van der Waals surface area contributed by atoms with Crippen molar-refractivity contribution in [3.63, 3.8) is 0 Å². The number of aliphatic hydroxyl groups is 2. The topological polar surface area (TPSA) is 64.2 Å². The van der Waals surface area contributed by atoms with Gasteiger partial charge in [-0.1, -0.05) is 0 Å². The molecule has 1 fully saturated rings. The van der Waals surface area contributed by atoms with Gasteiger partial charge in [-0.05, 0) is 12.8 Å². The molecule has 0 spiro atoms. The zero-order valence-corrected chi connectivity index (χ0v) is 5.75. The van der Waals surface area contributed by atoms with E-state index in [0.29, 0.717) is 6.42 Å². The molecule has 0 radical (unpaired) electrons. The maximum absolute atomic E-state index is 9.08. The highest BCUT2D eigenvalue weighted by Gasteiger charge is 2.31. The van der Waals surface area contributed by atoms with Gasteiger partial charge in [0.2, 0.25) is 0 Å². The molecule has 0 saturated heterocycles. The third kappa shape index (κ3) is 1.69. The normalized spacial score (nSPS) is 31.1. The molecule has 1 aliphatic rings. The molecule has 1 saturated carbocycles. The molecule has 0 amide bonds. The van der Waals surface area contributed by atoms with Crippen LogP contribution in [0.5, 0.6) is 0 Å². The maximum atomic E-state index is 9.08. The minimum Gasteiger partial charge on any atom is -0.366 e. The molecular weight excluding hydrogens is 130 g/mol. The first-order valence-corrected chi connectivity index (χ1v) is 3.48. The highest BCUT2D eigenvalue weighted by molar-refractivity contribution is 4.90. The van der Waals surface area contributed by atoms with E-state index in [1.807, 2.05) is 6.07 Å². The molecule has 56 valence electrons. The first-order valence-electron chi connectivity index (χ1n) is 3.48. The fourth-order valence-electron chi connectivity index (χ4n) is 1.34. The van der Waals surface area contributed by atoms with Crippen molar-refractivity contribution in [2.45, 2.75) is 31.5 Å². The van der Waals surface area contributed by atoms with E-state index in [1.165, 1.54) is 0 Å². The lowest BCUT2D eigenvalue weighted by atomic mass is 9.86. The van der Waals surface area contributed by atoms with Crippen LogP contribution in [0.25, 0.3) is 0 Å². The van der Waals surface area contributed by atoms with Crippen LogP contribution in [0.1, 0.15) is 25.7 Å². The Morgan fingerprint density at radius 2 is 2.20 bits per heavy atom. The fourth-order valence-corrected chi connectivity index (χ4v) is 1.34. The third-order valence-corrected chi connectivity index (χ3v) is 1.89. The van der Waals surface area contributed by atoms with Crippen LogP contribution in [0.3, 0.4) is 0 Å². The summed E-state index contributed by atoms with van der Waals surface area (Å²) in [5.74, 6) is -1.73. The van der Waals surface area contributed by atoms with Crippen LogP contribution in [0, 0.1) is 17.2 Å². The maximum Gasteiger partial charge on any atom is 0.163 e. The Labute approximate surface area is 59.9 Å². The van der Waals surface area contributed by atoms with Gasteiger partial charge in [0, 0.05) is 12.8 Å². The summed E-state index contributed by atoms with van der Waals surface area (Å²) in [5, 5.41) is 26.6. The molecule has 1 aliphatic carbocycles. The Bertz CT molecular complexity index is 159. The highest BCUT2D eigenvalue weighted by Crippen LogP contribution is 2.29. The average molecular weight is 141 g/mol. The van der Waals surface area contributed by atoms with Crippen molar-refractivity contribution in [2.75, 3.05) is 0 Å². The monoisotopic (exact) mass is 141 g/mol. The Morgan fingerprint density at radius 1 is 1.50 bits per heavy atom. The summed E-state index contributed by atoms with van der Waals surface area (Å²) in [6, 6.07) is 2.04. The van der Waals surface area contributed by atoms with E-state index < -0.39 is 5.79 Å². The van der Waals surface area contributed by atoms with Gasteiger partial charge < -0.3 is 10.2 Å². The number of hydrogen-bond acceptors (Lipinski definition) is 3. The Balaban J connectivity index is 2.49. The molecule has 1 rings (SSSR count). The molecule has 1 atom stereocenters. The van der Waals surface area contributed by atoms with Crippen LogP contribution in [0.2, 0.25) is 0 Å². The van der Waals surface area contributed by atoms with E-state index in [2.05, 4.69) is 0 Å². The van der Waals surface area contributed by atoms with Crippen molar-refractivity contribution in [1.82, 2.24) is 0 Å². The van der Waals surface area contributed by atoms with Gasteiger partial charge in [-0.15, -0.1) is 0 Å². The molecular formula is C7H11NO2. The van der Waals surface area contributed by atoms with Crippen molar-refractivity contribution >= 4 is 0 Å².